The fraction of sp³-hybridized carbons (Fsp3) is 0.444. The molecule has 1 aliphatic rings. The fourth-order valence-corrected chi connectivity index (χ4v) is 2.81. The Morgan fingerprint density at radius 3 is 3.15 bits per heavy atom. The van der Waals surface area contributed by atoms with Crippen LogP contribution in [-0.2, 0) is 16.0 Å². The maximum Gasteiger partial charge on any atom is 0.242 e. The van der Waals surface area contributed by atoms with Crippen LogP contribution in [0.15, 0.2) is 28.8 Å². The van der Waals surface area contributed by atoms with Crippen molar-refractivity contribution in [3.8, 4) is 17.1 Å². The normalized spacial score (nSPS) is 16.8. The number of piperidine rings is 1. The van der Waals surface area contributed by atoms with E-state index in [1.807, 2.05) is 24.3 Å². The zero-order valence-electron chi connectivity index (χ0n) is 14.7. The monoisotopic (exact) mass is 358 g/mol. The Labute approximate surface area is 151 Å². The van der Waals surface area contributed by atoms with Gasteiger partial charge in [0.25, 0.3) is 0 Å². The van der Waals surface area contributed by atoms with E-state index in [9.17, 15) is 9.59 Å². The molecule has 2 N–H and O–H groups in total. The van der Waals surface area contributed by atoms with Crippen molar-refractivity contribution >= 4 is 11.8 Å². The minimum absolute atomic E-state index is 0.107. The lowest BCUT2D eigenvalue weighted by molar-refractivity contribution is -0.130. The molecule has 0 bridgehead atoms. The Morgan fingerprint density at radius 2 is 2.35 bits per heavy atom. The highest BCUT2D eigenvalue weighted by Gasteiger charge is 2.23. The number of carbonyl (C=O) groups excluding carboxylic acids is 2. The van der Waals surface area contributed by atoms with E-state index in [1.165, 1.54) is 0 Å². The van der Waals surface area contributed by atoms with Crippen molar-refractivity contribution in [1.29, 1.82) is 0 Å². The van der Waals surface area contributed by atoms with E-state index in [0.717, 1.165) is 17.7 Å². The van der Waals surface area contributed by atoms with Crippen molar-refractivity contribution in [2.45, 2.75) is 38.1 Å². The summed E-state index contributed by atoms with van der Waals surface area (Å²) < 4.78 is 10.4. The summed E-state index contributed by atoms with van der Waals surface area (Å²) in [5.41, 5.74) is 0.806. The summed E-state index contributed by atoms with van der Waals surface area (Å²) in [6, 6.07) is 6.99. The van der Waals surface area contributed by atoms with Gasteiger partial charge in [-0.3, -0.25) is 9.59 Å². The van der Waals surface area contributed by atoms with Crippen LogP contribution in [0.1, 0.15) is 31.6 Å². The molecule has 2 amide bonds. The van der Waals surface area contributed by atoms with Crippen molar-refractivity contribution in [3.63, 3.8) is 0 Å². The smallest absolute Gasteiger partial charge is 0.242 e. The van der Waals surface area contributed by atoms with Gasteiger partial charge in [-0.05, 0) is 31.4 Å². The average molecular weight is 358 g/mol. The van der Waals surface area contributed by atoms with Gasteiger partial charge < -0.3 is 19.9 Å². The Morgan fingerprint density at radius 1 is 1.46 bits per heavy atom. The first kappa shape index (κ1) is 17.9. The number of hydrogen-bond donors (Lipinski definition) is 2. The number of aromatic nitrogens is 2. The van der Waals surface area contributed by atoms with Gasteiger partial charge >= 0.3 is 0 Å². The van der Waals surface area contributed by atoms with E-state index in [-0.39, 0.29) is 11.8 Å². The molecule has 0 saturated carbocycles. The molecule has 1 aromatic heterocycles. The number of nitrogens with zero attached hydrogens (tertiary/aromatic N) is 2. The molecule has 1 aromatic carbocycles. The van der Waals surface area contributed by atoms with Gasteiger partial charge in [0.1, 0.15) is 11.8 Å². The van der Waals surface area contributed by atoms with Crippen LogP contribution in [0.4, 0.5) is 0 Å². The van der Waals surface area contributed by atoms with E-state index < -0.39 is 6.04 Å². The standard InChI is InChI=1S/C18H22N4O4/c1-25-13-6-2-5-12(11-13)17-21-16(26-22-17)9-3-8-15(23)20-14-7-4-10-19-18(14)24/h2,5-6,11,14H,3-4,7-10H2,1H3,(H,19,24)(H,20,23). The molecule has 2 aromatic rings. The van der Waals surface area contributed by atoms with Crippen molar-refractivity contribution in [3.05, 3.63) is 30.2 Å². The lowest BCUT2D eigenvalue weighted by atomic mass is 10.1. The number of ether oxygens (including phenoxy) is 1. The molecule has 26 heavy (non-hydrogen) atoms. The number of carbonyl (C=O) groups is 2. The molecule has 8 nitrogen and oxygen atoms in total. The quantitative estimate of drug-likeness (QED) is 0.776. The Bertz CT molecular complexity index is 774. The number of aryl methyl sites for hydroxylation is 1. The molecule has 1 atom stereocenters. The number of nitrogens with one attached hydrogen (secondary N) is 2. The van der Waals surface area contributed by atoms with Gasteiger partial charge in [0.15, 0.2) is 0 Å². The predicted molar refractivity (Wildman–Crippen MR) is 93.4 cm³/mol. The van der Waals surface area contributed by atoms with E-state index in [1.54, 1.807) is 7.11 Å². The summed E-state index contributed by atoms with van der Waals surface area (Å²) in [5.74, 6) is 1.44. The topological polar surface area (TPSA) is 106 Å². The van der Waals surface area contributed by atoms with Gasteiger partial charge in [0.05, 0.1) is 7.11 Å². The van der Waals surface area contributed by atoms with Gasteiger partial charge in [0.2, 0.25) is 23.5 Å². The Hall–Kier alpha value is -2.90. The third-order valence-corrected chi connectivity index (χ3v) is 4.21. The molecule has 2 heterocycles. The second kappa shape index (κ2) is 8.46. The second-order valence-electron chi connectivity index (χ2n) is 6.15. The minimum atomic E-state index is -0.417. The molecule has 0 spiro atoms. The zero-order chi connectivity index (χ0) is 18.4. The number of amides is 2. The van der Waals surface area contributed by atoms with E-state index in [2.05, 4.69) is 20.8 Å². The largest absolute Gasteiger partial charge is 0.497 e. The Balaban J connectivity index is 1.47. The molecule has 1 saturated heterocycles. The van der Waals surface area contributed by atoms with Gasteiger partial charge in [-0.1, -0.05) is 17.3 Å². The van der Waals surface area contributed by atoms with Crippen LogP contribution in [0, 0.1) is 0 Å². The van der Waals surface area contributed by atoms with Crippen LogP contribution >= 0.6 is 0 Å². The maximum atomic E-state index is 12.0. The molecular weight excluding hydrogens is 336 g/mol. The number of rotatable bonds is 7. The summed E-state index contributed by atoms with van der Waals surface area (Å²) in [6.45, 7) is 0.679. The first-order valence-electron chi connectivity index (χ1n) is 8.70. The number of methoxy groups -OCH3 is 1. The molecule has 0 aliphatic carbocycles. The third kappa shape index (κ3) is 4.59. The molecule has 1 aliphatic heterocycles. The highest BCUT2D eigenvalue weighted by Crippen LogP contribution is 2.21. The predicted octanol–water partition coefficient (Wildman–Crippen LogP) is 1.46. The molecule has 1 unspecified atom stereocenters. The summed E-state index contributed by atoms with van der Waals surface area (Å²) in [6.07, 6.45) is 2.94. The van der Waals surface area contributed by atoms with Crippen LogP contribution in [0.25, 0.3) is 11.4 Å². The number of hydrogen-bond acceptors (Lipinski definition) is 6. The molecule has 138 valence electrons. The molecule has 1 fully saturated rings. The lowest BCUT2D eigenvalue weighted by Gasteiger charge is -2.22. The van der Waals surface area contributed by atoms with Crippen molar-refractivity contribution < 1.29 is 18.8 Å². The zero-order valence-corrected chi connectivity index (χ0v) is 14.7. The number of benzene rings is 1. The van der Waals surface area contributed by atoms with Crippen LogP contribution in [-0.4, -0.2) is 41.7 Å². The van der Waals surface area contributed by atoms with Crippen molar-refractivity contribution in [2.75, 3.05) is 13.7 Å². The molecule has 0 radical (unpaired) electrons. The fourth-order valence-electron chi connectivity index (χ4n) is 2.81. The van der Waals surface area contributed by atoms with Crippen LogP contribution < -0.4 is 15.4 Å². The minimum Gasteiger partial charge on any atom is -0.497 e. The second-order valence-corrected chi connectivity index (χ2v) is 6.15. The molecule has 8 heteroatoms. The summed E-state index contributed by atoms with van der Waals surface area (Å²) in [5, 5.41) is 9.49. The summed E-state index contributed by atoms with van der Waals surface area (Å²) in [4.78, 5) is 28.0. The van der Waals surface area contributed by atoms with Crippen LogP contribution in [0.5, 0.6) is 5.75 Å². The first-order chi connectivity index (χ1) is 12.7. The maximum absolute atomic E-state index is 12.0. The van der Waals surface area contributed by atoms with E-state index >= 15 is 0 Å². The third-order valence-electron chi connectivity index (χ3n) is 4.21. The highest BCUT2D eigenvalue weighted by atomic mass is 16.5. The molecular formula is C18H22N4O4. The van der Waals surface area contributed by atoms with E-state index in [4.69, 9.17) is 9.26 Å². The van der Waals surface area contributed by atoms with Crippen LogP contribution in [0.3, 0.4) is 0 Å². The van der Waals surface area contributed by atoms with Crippen molar-refractivity contribution in [1.82, 2.24) is 20.8 Å². The van der Waals surface area contributed by atoms with Gasteiger partial charge in [-0.2, -0.15) is 4.98 Å². The SMILES string of the molecule is COc1cccc(-c2noc(CCCC(=O)NC3CCCNC3=O)n2)c1. The van der Waals surface area contributed by atoms with Gasteiger partial charge in [-0.15, -0.1) is 0 Å². The van der Waals surface area contributed by atoms with Gasteiger partial charge in [-0.25, -0.2) is 0 Å². The first-order valence-corrected chi connectivity index (χ1v) is 8.70. The average Bonchev–Trinajstić information content (AvgIpc) is 3.13. The van der Waals surface area contributed by atoms with E-state index in [0.29, 0.717) is 43.9 Å². The van der Waals surface area contributed by atoms with Gasteiger partial charge in [0, 0.05) is 24.9 Å². The van der Waals surface area contributed by atoms with Crippen LogP contribution in [0.2, 0.25) is 0 Å². The molecule has 3 rings (SSSR count). The lowest BCUT2D eigenvalue weighted by Crippen LogP contribution is -2.50. The van der Waals surface area contributed by atoms with Crippen molar-refractivity contribution in [2.24, 2.45) is 0 Å². The Kier molecular flexibility index (Phi) is 5.83. The highest BCUT2D eigenvalue weighted by molar-refractivity contribution is 5.88. The summed E-state index contributed by atoms with van der Waals surface area (Å²) in [7, 11) is 1.60. The summed E-state index contributed by atoms with van der Waals surface area (Å²) >= 11 is 0.